The Balaban J connectivity index is 1.28. The van der Waals surface area contributed by atoms with Crippen LogP contribution in [0.3, 0.4) is 0 Å². The maximum absolute atomic E-state index is 13.7. The second-order valence-electron chi connectivity index (χ2n) is 10.3. The van der Waals surface area contributed by atoms with Crippen LogP contribution in [-0.2, 0) is 26.5 Å². The molecular formula is C30H32ClN2O4+. The molecule has 0 aromatic heterocycles. The van der Waals surface area contributed by atoms with E-state index >= 15 is 0 Å². The summed E-state index contributed by atoms with van der Waals surface area (Å²) in [4.78, 5) is 26.5. The Morgan fingerprint density at radius 1 is 0.919 bits per heavy atom. The van der Waals surface area contributed by atoms with Gasteiger partial charge in [0.15, 0.2) is 12.6 Å². The van der Waals surface area contributed by atoms with Crippen molar-refractivity contribution in [3.8, 4) is 0 Å². The highest BCUT2D eigenvalue weighted by atomic mass is 35.5. The summed E-state index contributed by atoms with van der Waals surface area (Å²) in [6.45, 7) is 3.13. The number of piperidine rings is 3. The van der Waals surface area contributed by atoms with E-state index < -0.39 is 11.6 Å². The topological polar surface area (TPSA) is 75.6 Å². The van der Waals surface area contributed by atoms with Crippen LogP contribution in [0.5, 0.6) is 0 Å². The fourth-order valence-corrected chi connectivity index (χ4v) is 5.85. The summed E-state index contributed by atoms with van der Waals surface area (Å²) < 4.78 is 6.69. The van der Waals surface area contributed by atoms with Crippen molar-refractivity contribution in [3.63, 3.8) is 0 Å². The van der Waals surface area contributed by atoms with Crippen LogP contribution >= 0.6 is 11.6 Å². The van der Waals surface area contributed by atoms with Crippen LogP contribution in [0, 0.1) is 5.92 Å². The van der Waals surface area contributed by atoms with Crippen LogP contribution in [0.4, 0.5) is 0 Å². The molecule has 6 nitrogen and oxygen atoms in total. The van der Waals surface area contributed by atoms with Crippen molar-refractivity contribution in [1.29, 1.82) is 0 Å². The van der Waals surface area contributed by atoms with Gasteiger partial charge in [0.2, 0.25) is 5.60 Å². The summed E-state index contributed by atoms with van der Waals surface area (Å²) in [7, 11) is 0. The zero-order valence-electron chi connectivity index (χ0n) is 20.7. The smallest absolute Gasteiger partial charge is 0.348 e. The van der Waals surface area contributed by atoms with Crippen LogP contribution in [0.15, 0.2) is 84.9 Å². The number of benzene rings is 3. The fourth-order valence-electron chi connectivity index (χ4n) is 5.72. The van der Waals surface area contributed by atoms with E-state index in [-0.39, 0.29) is 17.9 Å². The molecule has 1 amide bonds. The Morgan fingerprint density at radius 2 is 1.49 bits per heavy atom. The molecule has 3 aliphatic rings. The Hall–Kier alpha value is -3.19. The average molecular weight is 520 g/mol. The summed E-state index contributed by atoms with van der Waals surface area (Å²) in [5.41, 5.74) is 0.0221. The molecule has 0 saturated carbocycles. The predicted molar refractivity (Wildman–Crippen MR) is 142 cm³/mol. The van der Waals surface area contributed by atoms with Gasteiger partial charge in [-0.05, 0) is 28.8 Å². The number of fused-ring (bicyclic) bond motifs is 3. The zero-order chi connectivity index (χ0) is 25.9. The number of halogens is 1. The molecule has 1 atom stereocenters. The predicted octanol–water partition coefficient (Wildman–Crippen LogP) is 4.04. The number of hydrogen-bond acceptors (Lipinski definition) is 4. The summed E-state index contributed by atoms with van der Waals surface area (Å²) >= 11 is 5.95. The first-order valence-corrected chi connectivity index (χ1v) is 13.2. The first kappa shape index (κ1) is 25.5. The van der Waals surface area contributed by atoms with E-state index in [4.69, 9.17) is 16.3 Å². The number of nitrogens with zero attached hydrogens (tertiary/aromatic N) is 1. The molecule has 3 saturated heterocycles. The molecule has 0 radical (unpaired) electrons. The Morgan fingerprint density at radius 3 is 2.05 bits per heavy atom. The van der Waals surface area contributed by atoms with E-state index in [2.05, 4.69) is 5.32 Å². The first-order valence-electron chi connectivity index (χ1n) is 12.8. The molecule has 3 fully saturated rings. The van der Waals surface area contributed by atoms with E-state index in [0.717, 1.165) is 31.5 Å². The van der Waals surface area contributed by atoms with E-state index in [1.807, 2.05) is 36.4 Å². The number of carbonyl (C=O) groups is 2. The minimum Gasteiger partial charge on any atom is -0.453 e. The average Bonchev–Trinajstić information content (AvgIpc) is 2.93. The molecule has 0 spiro atoms. The highest BCUT2D eigenvalue weighted by Crippen LogP contribution is 2.38. The maximum Gasteiger partial charge on any atom is 0.348 e. The van der Waals surface area contributed by atoms with Crippen LogP contribution in [0.25, 0.3) is 0 Å². The lowest BCUT2D eigenvalue weighted by Gasteiger charge is -2.51. The Labute approximate surface area is 222 Å². The molecule has 37 heavy (non-hydrogen) atoms. The van der Waals surface area contributed by atoms with Crippen molar-refractivity contribution in [2.45, 2.75) is 31.1 Å². The molecule has 2 N–H and O–H groups in total. The number of esters is 1. The van der Waals surface area contributed by atoms with Gasteiger partial charge >= 0.3 is 5.97 Å². The van der Waals surface area contributed by atoms with Crippen LogP contribution < -0.4 is 5.32 Å². The van der Waals surface area contributed by atoms with Crippen molar-refractivity contribution in [2.75, 3.05) is 26.2 Å². The van der Waals surface area contributed by atoms with E-state index in [1.54, 1.807) is 48.5 Å². The van der Waals surface area contributed by atoms with E-state index in [9.17, 15) is 14.7 Å². The van der Waals surface area contributed by atoms with Gasteiger partial charge < -0.3 is 19.6 Å². The van der Waals surface area contributed by atoms with Gasteiger partial charge in [0.1, 0.15) is 6.54 Å². The van der Waals surface area contributed by atoms with Gasteiger partial charge in [-0.2, -0.15) is 0 Å². The highest BCUT2D eigenvalue weighted by molar-refractivity contribution is 6.30. The quantitative estimate of drug-likeness (QED) is 0.348. The third kappa shape index (κ3) is 5.42. The molecule has 7 heteroatoms. The van der Waals surface area contributed by atoms with Gasteiger partial charge in [-0.3, -0.25) is 4.79 Å². The molecule has 0 aliphatic carbocycles. The molecule has 3 aromatic carbocycles. The van der Waals surface area contributed by atoms with Gasteiger partial charge in [-0.15, -0.1) is 0 Å². The fraction of sp³-hybridized carbons (Fsp3) is 0.333. The largest absolute Gasteiger partial charge is 0.453 e. The molecule has 192 valence electrons. The second kappa shape index (κ2) is 10.7. The van der Waals surface area contributed by atoms with Crippen molar-refractivity contribution in [2.24, 2.45) is 5.92 Å². The number of quaternary nitrogens is 1. The summed E-state index contributed by atoms with van der Waals surface area (Å²) in [5.74, 6) is -0.462. The molecule has 2 bridgehead atoms. The van der Waals surface area contributed by atoms with Crippen molar-refractivity contribution in [1.82, 2.24) is 5.32 Å². The van der Waals surface area contributed by atoms with Crippen LogP contribution in [0.2, 0.25) is 5.02 Å². The maximum atomic E-state index is 13.7. The van der Waals surface area contributed by atoms with Crippen molar-refractivity contribution in [3.05, 3.63) is 107 Å². The van der Waals surface area contributed by atoms with Gasteiger partial charge in [-0.25, -0.2) is 4.79 Å². The summed E-state index contributed by atoms with van der Waals surface area (Å²) in [5, 5.41) is 15.5. The van der Waals surface area contributed by atoms with Crippen molar-refractivity contribution >= 4 is 23.5 Å². The van der Waals surface area contributed by atoms with Crippen LogP contribution in [0.1, 0.15) is 29.5 Å². The normalized spacial score (nSPS) is 22.9. The number of nitrogens with one attached hydrogen (secondary N) is 1. The second-order valence-corrected chi connectivity index (χ2v) is 10.7. The number of ether oxygens (including phenoxy) is 1. The molecule has 6 rings (SSSR count). The molecule has 3 aliphatic heterocycles. The molecule has 3 heterocycles. The monoisotopic (exact) mass is 519 g/mol. The van der Waals surface area contributed by atoms with Gasteiger partial charge in [0.05, 0.1) is 13.1 Å². The Kier molecular flexibility index (Phi) is 7.33. The zero-order valence-corrected chi connectivity index (χ0v) is 21.4. The third-order valence-electron chi connectivity index (χ3n) is 7.86. The summed E-state index contributed by atoms with van der Waals surface area (Å²) in [6, 6.07) is 25.3. The van der Waals surface area contributed by atoms with Crippen molar-refractivity contribution < 1.29 is 23.9 Å². The summed E-state index contributed by atoms with van der Waals surface area (Å²) in [6.07, 6.45) is 1.42. The number of rotatable bonds is 8. The number of amides is 1. The van der Waals surface area contributed by atoms with Crippen LogP contribution in [-0.4, -0.2) is 53.7 Å². The number of aliphatic hydroxyl groups is 1. The minimum absolute atomic E-state index is 0.0227. The van der Waals surface area contributed by atoms with Gasteiger partial charge in [0, 0.05) is 30.3 Å². The first-order chi connectivity index (χ1) is 17.9. The highest BCUT2D eigenvalue weighted by Gasteiger charge is 2.51. The standard InChI is InChI=1S/C30H31ClN2O4/c31-26-13-11-22(12-14-26)19-32-28(34)21-33-17-15-23(16-18-33)27(20-33)37-29(35)30(36,24-7-3-1-4-8-24)25-9-5-2-6-10-25/h1-14,23,27,36H,15-21H2/p+1. The number of hydrogen-bond donors (Lipinski definition) is 2. The lowest BCUT2D eigenvalue weighted by atomic mass is 9.82. The van der Waals surface area contributed by atoms with Gasteiger partial charge in [0.25, 0.3) is 5.91 Å². The van der Waals surface area contributed by atoms with Gasteiger partial charge in [-0.1, -0.05) is 84.4 Å². The molecule has 1 unspecified atom stereocenters. The SMILES string of the molecule is O=C(C[N+]12CCC(CC1)C(OC(=O)C(O)(c1ccccc1)c1ccccc1)C2)NCc1ccc(Cl)cc1. The lowest BCUT2D eigenvalue weighted by molar-refractivity contribution is -0.939. The Bertz CT molecular complexity index is 1190. The molecule has 3 aromatic rings. The molecular weight excluding hydrogens is 488 g/mol. The number of carbonyl (C=O) groups excluding carboxylic acids is 2. The van der Waals surface area contributed by atoms with E-state index in [0.29, 0.717) is 40.3 Å². The third-order valence-corrected chi connectivity index (χ3v) is 8.11. The lowest BCUT2D eigenvalue weighted by Crippen LogP contribution is -2.66. The minimum atomic E-state index is -1.91. The van der Waals surface area contributed by atoms with E-state index in [1.165, 1.54) is 0 Å².